The smallest absolute Gasteiger partial charge is 0.128 e. The molecule has 8 nitrogen and oxygen atoms in total. The molecule has 2 aromatic rings. The number of hydrogen-bond donors (Lipinski definition) is 4. The van der Waals surface area contributed by atoms with Gasteiger partial charge in [-0.05, 0) is 18.6 Å². The molecule has 4 unspecified atom stereocenters. The van der Waals surface area contributed by atoms with Gasteiger partial charge >= 0.3 is 0 Å². The Hall–Kier alpha value is -2.07. The standard InChI is InChI=1S/C20H29FN8/c21-4-7-29-13-14(11-24-29)17-10-15-18(12-23-17)26-27-20(15)16-2-1-3-19(25-16)28-8-5-22-6-9-28/h1-3,11,13,15,17-18,20,22-23,26-27H,4-10,12H2. The highest BCUT2D eigenvalue weighted by atomic mass is 19.1. The summed E-state index contributed by atoms with van der Waals surface area (Å²) in [5, 5.41) is 11.3. The van der Waals surface area contributed by atoms with Crippen molar-refractivity contribution in [1.29, 1.82) is 0 Å². The third-order valence-corrected chi connectivity index (χ3v) is 6.35. The van der Waals surface area contributed by atoms with Gasteiger partial charge in [-0.25, -0.2) is 14.8 Å². The molecule has 9 heteroatoms. The van der Waals surface area contributed by atoms with Crippen LogP contribution in [-0.2, 0) is 6.54 Å². The second-order valence-corrected chi connectivity index (χ2v) is 8.12. The zero-order valence-electron chi connectivity index (χ0n) is 16.5. The van der Waals surface area contributed by atoms with E-state index in [0.717, 1.165) is 56.2 Å². The highest BCUT2D eigenvalue weighted by molar-refractivity contribution is 5.40. The van der Waals surface area contributed by atoms with Crippen molar-refractivity contribution in [3.8, 4) is 0 Å². The van der Waals surface area contributed by atoms with Crippen LogP contribution in [0.3, 0.4) is 0 Å². The zero-order valence-corrected chi connectivity index (χ0v) is 16.5. The molecule has 0 radical (unpaired) electrons. The van der Waals surface area contributed by atoms with Crippen molar-refractivity contribution in [3.05, 3.63) is 41.9 Å². The second-order valence-electron chi connectivity index (χ2n) is 8.12. The number of halogens is 1. The van der Waals surface area contributed by atoms with Gasteiger partial charge in [0.2, 0.25) is 0 Å². The maximum Gasteiger partial charge on any atom is 0.128 e. The predicted molar refractivity (Wildman–Crippen MR) is 109 cm³/mol. The fraction of sp³-hybridized carbons (Fsp3) is 0.600. The minimum Gasteiger partial charge on any atom is -0.354 e. The summed E-state index contributed by atoms with van der Waals surface area (Å²) in [6.45, 7) is 4.79. The van der Waals surface area contributed by atoms with Gasteiger partial charge in [0.15, 0.2) is 0 Å². The lowest BCUT2D eigenvalue weighted by molar-refractivity contribution is 0.265. The molecule has 3 fully saturated rings. The van der Waals surface area contributed by atoms with Crippen LogP contribution < -0.4 is 26.4 Å². The van der Waals surface area contributed by atoms with E-state index in [1.54, 1.807) is 4.68 Å². The average Bonchev–Trinajstić information content (AvgIpc) is 3.41. The van der Waals surface area contributed by atoms with E-state index in [2.05, 4.69) is 49.7 Å². The topological polar surface area (TPSA) is 82.1 Å². The van der Waals surface area contributed by atoms with Crippen LogP contribution >= 0.6 is 0 Å². The minimum absolute atomic E-state index is 0.174. The molecule has 0 spiro atoms. The summed E-state index contributed by atoms with van der Waals surface area (Å²) in [6, 6.07) is 7.12. The SMILES string of the molecule is FCCn1cc(C2CC3C(CN2)NNC3c2cccc(N3CCNCC3)n2)cn1. The number of piperidine rings is 1. The molecule has 0 saturated carbocycles. The Kier molecular flexibility index (Phi) is 5.45. The normalized spacial score (nSPS) is 29.8. The van der Waals surface area contributed by atoms with Crippen LogP contribution in [0.25, 0.3) is 0 Å². The Bertz CT molecular complexity index is 820. The molecule has 0 aliphatic carbocycles. The van der Waals surface area contributed by atoms with Gasteiger partial charge in [-0.15, -0.1) is 0 Å². The molecule has 3 aliphatic rings. The molecular formula is C20H29FN8. The van der Waals surface area contributed by atoms with Gasteiger partial charge in [-0.3, -0.25) is 10.1 Å². The fourth-order valence-electron chi connectivity index (χ4n) is 4.77. The maximum absolute atomic E-state index is 12.6. The average molecular weight is 401 g/mol. The zero-order chi connectivity index (χ0) is 19.6. The van der Waals surface area contributed by atoms with Crippen molar-refractivity contribution in [1.82, 2.24) is 36.2 Å². The molecule has 29 heavy (non-hydrogen) atoms. The molecule has 4 atom stereocenters. The summed E-state index contributed by atoms with van der Waals surface area (Å²) < 4.78 is 14.3. The van der Waals surface area contributed by atoms with Gasteiger partial charge in [0.1, 0.15) is 12.5 Å². The first kappa shape index (κ1) is 18.9. The molecule has 3 aliphatic heterocycles. The van der Waals surface area contributed by atoms with E-state index in [1.165, 1.54) is 0 Å². The van der Waals surface area contributed by atoms with Crippen LogP contribution in [0.15, 0.2) is 30.6 Å². The van der Waals surface area contributed by atoms with Gasteiger partial charge in [-0.1, -0.05) is 6.07 Å². The molecular weight excluding hydrogens is 371 g/mol. The number of hydrazine groups is 1. The molecule has 0 aromatic carbocycles. The molecule has 2 aromatic heterocycles. The number of nitrogens with one attached hydrogen (secondary N) is 4. The third-order valence-electron chi connectivity index (χ3n) is 6.35. The van der Waals surface area contributed by atoms with Crippen LogP contribution in [0.5, 0.6) is 0 Å². The summed E-state index contributed by atoms with van der Waals surface area (Å²) in [4.78, 5) is 7.36. The lowest BCUT2D eigenvalue weighted by Crippen LogP contribution is -2.46. The Morgan fingerprint density at radius 3 is 2.93 bits per heavy atom. The van der Waals surface area contributed by atoms with Crippen molar-refractivity contribution in [2.24, 2.45) is 5.92 Å². The van der Waals surface area contributed by atoms with E-state index >= 15 is 0 Å². The quantitative estimate of drug-likeness (QED) is 0.583. The van der Waals surface area contributed by atoms with Crippen LogP contribution in [-0.4, -0.2) is 60.2 Å². The monoisotopic (exact) mass is 400 g/mol. The van der Waals surface area contributed by atoms with Gasteiger partial charge in [-0.2, -0.15) is 5.10 Å². The summed E-state index contributed by atoms with van der Waals surface area (Å²) in [6.07, 6.45) is 4.81. The third kappa shape index (κ3) is 3.87. The van der Waals surface area contributed by atoms with Crippen LogP contribution in [0.4, 0.5) is 10.2 Å². The summed E-state index contributed by atoms with van der Waals surface area (Å²) in [5.74, 6) is 1.49. The first-order valence-corrected chi connectivity index (χ1v) is 10.6. The summed E-state index contributed by atoms with van der Waals surface area (Å²) >= 11 is 0. The number of anilines is 1. The second kappa shape index (κ2) is 8.35. The number of aryl methyl sites for hydroxylation is 1. The molecule has 3 saturated heterocycles. The number of alkyl halides is 1. The van der Waals surface area contributed by atoms with Crippen molar-refractivity contribution >= 4 is 5.82 Å². The van der Waals surface area contributed by atoms with Crippen LogP contribution in [0.2, 0.25) is 0 Å². The highest BCUT2D eigenvalue weighted by Gasteiger charge is 2.42. The predicted octanol–water partition coefficient (Wildman–Crippen LogP) is 0.526. The lowest BCUT2D eigenvalue weighted by atomic mass is 9.82. The number of rotatable bonds is 5. The molecule has 0 amide bonds. The Morgan fingerprint density at radius 2 is 2.07 bits per heavy atom. The first-order chi connectivity index (χ1) is 14.3. The van der Waals surface area contributed by atoms with Crippen LogP contribution in [0, 0.1) is 5.92 Å². The van der Waals surface area contributed by atoms with E-state index in [0.29, 0.717) is 18.5 Å². The van der Waals surface area contributed by atoms with Gasteiger partial charge in [0, 0.05) is 62.5 Å². The molecule has 156 valence electrons. The maximum atomic E-state index is 12.6. The van der Waals surface area contributed by atoms with Gasteiger partial charge in [0.05, 0.1) is 24.5 Å². The molecule has 0 bridgehead atoms. The van der Waals surface area contributed by atoms with Crippen molar-refractivity contribution in [3.63, 3.8) is 0 Å². The van der Waals surface area contributed by atoms with E-state index in [1.807, 2.05) is 12.4 Å². The van der Waals surface area contributed by atoms with E-state index in [4.69, 9.17) is 4.98 Å². The molecule has 5 heterocycles. The van der Waals surface area contributed by atoms with Crippen molar-refractivity contribution in [2.45, 2.75) is 31.1 Å². The number of aromatic nitrogens is 3. The fourth-order valence-corrected chi connectivity index (χ4v) is 4.77. The van der Waals surface area contributed by atoms with E-state index in [-0.39, 0.29) is 12.1 Å². The number of pyridine rings is 1. The van der Waals surface area contributed by atoms with Crippen molar-refractivity contribution < 1.29 is 4.39 Å². The van der Waals surface area contributed by atoms with Gasteiger partial charge in [0.25, 0.3) is 0 Å². The summed E-state index contributed by atoms with van der Waals surface area (Å²) in [7, 11) is 0. The number of hydrogen-bond acceptors (Lipinski definition) is 7. The number of piperazine rings is 1. The summed E-state index contributed by atoms with van der Waals surface area (Å²) in [5.41, 5.74) is 9.17. The lowest BCUT2D eigenvalue weighted by Gasteiger charge is -2.34. The van der Waals surface area contributed by atoms with Crippen LogP contribution in [0.1, 0.15) is 29.8 Å². The van der Waals surface area contributed by atoms with Gasteiger partial charge < -0.3 is 15.5 Å². The molecule has 4 N–H and O–H groups in total. The largest absolute Gasteiger partial charge is 0.354 e. The Balaban J connectivity index is 1.32. The number of nitrogens with zero attached hydrogens (tertiary/aromatic N) is 4. The Labute approximate surface area is 170 Å². The van der Waals surface area contributed by atoms with E-state index < -0.39 is 6.67 Å². The van der Waals surface area contributed by atoms with Crippen molar-refractivity contribution in [2.75, 3.05) is 44.3 Å². The highest BCUT2D eigenvalue weighted by Crippen LogP contribution is 2.38. The number of fused-ring (bicyclic) bond motifs is 1. The first-order valence-electron chi connectivity index (χ1n) is 10.6. The Morgan fingerprint density at radius 1 is 1.17 bits per heavy atom. The minimum atomic E-state index is -0.394. The van der Waals surface area contributed by atoms with E-state index in [9.17, 15) is 4.39 Å². The molecule has 5 rings (SSSR count).